The van der Waals surface area contributed by atoms with Gasteiger partial charge in [-0.25, -0.2) is 0 Å². The standard InChI is InChI=1S/C17H19N3O3/c1-12-9-15(19-23-12)11-20(3)17(22)16(18-13(2)21)10-14-7-5-4-6-8-14/h4-10H,11H2,1-3H3,(H,18,21). The molecule has 6 nitrogen and oxygen atoms in total. The minimum absolute atomic E-state index is 0.214. The molecule has 2 rings (SSSR count). The Morgan fingerprint density at radius 3 is 2.57 bits per heavy atom. The number of hydrogen-bond donors (Lipinski definition) is 1. The van der Waals surface area contributed by atoms with Crippen molar-refractivity contribution >= 4 is 17.9 Å². The molecule has 0 saturated heterocycles. The van der Waals surface area contributed by atoms with Gasteiger partial charge in [-0.3, -0.25) is 9.59 Å². The predicted molar refractivity (Wildman–Crippen MR) is 85.9 cm³/mol. The molecular formula is C17H19N3O3. The largest absolute Gasteiger partial charge is 0.361 e. The molecule has 1 aromatic carbocycles. The smallest absolute Gasteiger partial charge is 0.270 e. The summed E-state index contributed by atoms with van der Waals surface area (Å²) < 4.78 is 4.99. The van der Waals surface area contributed by atoms with E-state index in [0.717, 1.165) is 5.56 Å². The van der Waals surface area contributed by atoms with Gasteiger partial charge >= 0.3 is 0 Å². The number of amides is 2. The lowest BCUT2D eigenvalue weighted by atomic mass is 10.2. The zero-order chi connectivity index (χ0) is 16.8. The molecule has 0 atom stereocenters. The molecular weight excluding hydrogens is 294 g/mol. The Labute approximate surface area is 134 Å². The lowest BCUT2D eigenvalue weighted by molar-refractivity contribution is -0.128. The van der Waals surface area contributed by atoms with E-state index in [9.17, 15) is 9.59 Å². The van der Waals surface area contributed by atoms with Crippen molar-refractivity contribution in [1.82, 2.24) is 15.4 Å². The number of likely N-dealkylation sites (N-methyl/N-ethyl adjacent to an activating group) is 1. The van der Waals surface area contributed by atoms with Crippen molar-refractivity contribution < 1.29 is 14.1 Å². The predicted octanol–water partition coefficient (Wildman–Crippen LogP) is 2.12. The van der Waals surface area contributed by atoms with Crippen LogP contribution >= 0.6 is 0 Å². The van der Waals surface area contributed by atoms with Crippen LogP contribution in [0.1, 0.15) is 23.9 Å². The number of rotatable bonds is 5. The molecule has 0 fully saturated rings. The Bertz CT molecular complexity index is 720. The van der Waals surface area contributed by atoms with Crippen LogP contribution in [0.2, 0.25) is 0 Å². The van der Waals surface area contributed by atoms with Crippen molar-refractivity contribution in [3.63, 3.8) is 0 Å². The van der Waals surface area contributed by atoms with E-state index >= 15 is 0 Å². The second-order valence-electron chi connectivity index (χ2n) is 5.24. The van der Waals surface area contributed by atoms with Gasteiger partial charge < -0.3 is 14.7 Å². The monoisotopic (exact) mass is 313 g/mol. The Morgan fingerprint density at radius 2 is 2.00 bits per heavy atom. The van der Waals surface area contributed by atoms with Crippen LogP contribution in [-0.4, -0.2) is 28.9 Å². The normalized spacial score (nSPS) is 11.2. The van der Waals surface area contributed by atoms with E-state index in [1.807, 2.05) is 30.3 Å². The quantitative estimate of drug-likeness (QED) is 0.858. The Kier molecular flexibility index (Phi) is 5.30. The third-order valence-corrected chi connectivity index (χ3v) is 3.07. The first kappa shape index (κ1) is 16.5. The van der Waals surface area contributed by atoms with Crippen molar-refractivity contribution in [1.29, 1.82) is 0 Å². The summed E-state index contributed by atoms with van der Waals surface area (Å²) in [6.07, 6.45) is 1.65. The number of hydrogen-bond acceptors (Lipinski definition) is 4. The van der Waals surface area contributed by atoms with Gasteiger partial charge in [0, 0.05) is 20.0 Å². The summed E-state index contributed by atoms with van der Waals surface area (Å²) in [5, 5.41) is 6.45. The average Bonchev–Trinajstić information content (AvgIpc) is 2.91. The number of benzene rings is 1. The Morgan fingerprint density at radius 1 is 1.30 bits per heavy atom. The molecule has 0 radical (unpaired) electrons. The van der Waals surface area contributed by atoms with Crippen molar-refractivity contribution in [2.45, 2.75) is 20.4 Å². The van der Waals surface area contributed by atoms with Crippen LogP contribution in [0.4, 0.5) is 0 Å². The van der Waals surface area contributed by atoms with Crippen LogP contribution in [0.3, 0.4) is 0 Å². The van der Waals surface area contributed by atoms with Crippen LogP contribution in [0.5, 0.6) is 0 Å². The molecule has 6 heteroatoms. The zero-order valence-electron chi connectivity index (χ0n) is 13.4. The van der Waals surface area contributed by atoms with Crippen LogP contribution in [0, 0.1) is 6.92 Å². The highest BCUT2D eigenvalue weighted by atomic mass is 16.5. The molecule has 120 valence electrons. The van der Waals surface area contributed by atoms with E-state index in [0.29, 0.717) is 18.0 Å². The molecule has 1 N–H and O–H groups in total. The van der Waals surface area contributed by atoms with Crippen LogP contribution < -0.4 is 5.32 Å². The Hall–Kier alpha value is -2.89. The minimum atomic E-state index is -0.301. The molecule has 0 aliphatic carbocycles. The van der Waals surface area contributed by atoms with Gasteiger partial charge in [0.1, 0.15) is 17.2 Å². The van der Waals surface area contributed by atoms with Crippen LogP contribution in [0.15, 0.2) is 46.6 Å². The summed E-state index contributed by atoms with van der Waals surface area (Å²) >= 11 is 0. The summed E-state index contributed by atoms with van der Waals surface area (Å²) in [7, 11) is 1.65. The van der Waals surface area contributed by atoms with Gasteiger partial charge in [-0.15, -0.1) is 0 Å². The van der Waals surface area contributed by atoms with Crippen LogP contribution in [-0.2, 0) is 16.1 Å². The first-order valence-electron chi connectivity index (χ1n) is 7.17. The fourth-order valence-corrected chi connectivity index (χ4v) is 2.07. The molecule has 0 saturated carbocycles. The number of aryl methyl sites for hydroxylation is 1. The van der Waals surface area contributed by atoms with E-state index < -0.39 is 0 Å². The summed E-state index contributed by atoms with van der Waals surface area (Å²) in [5.74, 6) is 0.0821. The number of carbonyl (C=O) groups is 2. The fourth-order valence-electron chi connectivity index (χ4n) is 2.07. The summed E-state index contributed by atoms with van der Waals surface area (Å²) in [6.45, 7) is 3.45. The molecule has 0 aliphatic heterocycles. The van der Waals surface area contributed by atoms with Crippen molar-refractivity contribution in [3.8, 4) is 0 Å². The molecule has 1 aromatic heterocycles. The Balaban J connectivity index is 2.19. The van der Waals surface area contributed by atoms with Crippen molar-refractivity contribution in [2.24, 2.45) is 0 Å². The van der Waals surface area contributed by atoms with E-state index in [-0.39, 0.29) is 17.5 Å². The van der Waals surface area contributed by atoms with Crippen LogP contribution in [0.25, 0.3) is 6.08 Å². The number of carbonyl (C=O) groups excluding carboxylic acids is 2. The highest BCUT2D eigenvalue weighted by Crippen LogP contribution is 2.10. The summed E-state index contributed by atoms with van der Waals surface area (Å²) in [5.41, 5.74) is 1.70. The maximum Gasteiger partial charge on any atom is 0.270 e. The average molecular weight is 313 g/mol. The highest BCUT2D eigenvalue weighted by Gasteiger charge is 2.17. The SMILES string of the molecule is CC(=O)NC(=Cc1ccccc1)C(=O)N(C)Cc1cc(C)on1. The zero-order valence-corrected chi connectivity index (χ0v) is 13.4. The summed E-state index contributed by atoms with van der Waals surface area (Å²) in [6, 6.07) is 11.1. The van der Waals surface area contributed by atoms with Crippen molar-refractivity contribution in [3.05, 3.63) is 59.1 Å². The van der Waals surface area contributed by atoms with E-state index in [2.05, 4.69) is 10.5 Å². The highest BCUT2D eigenvalue weighted by molar-refractivity contribution is 6.00. The molecule has 0 aliphatic rings. The fraction of sp³-hybridized carbons (Fsp3) is 0.235. The molecule has 2 amide bonds. The summed E-state index contributed by atoms with van der Waals surface area (Å²) in [4.78, 5) is 25.4. The van der Waals surface area contributed by atoms with Gasteiger partial charge in [0.2, 0.25) is 5.91 Å². The lowest BCUT2D eigenvalue weighted by Gasteiger charge is -2.18. The van der Waals surface area contributed by atoms with Gasteiger partial charge in [0.05, 0.1) is 6.54 Å². The van der Waals surface area contributed by atoms with Gasteiger partial charge in [0.15, 0.2) is 0 Å². The van der Waals surface area contributed by atoms with Gasteiger partial charge in [-0.05, 0) is 18.6 Å². The first-order valence-corrected chi connectivity index (χ1v) is 7.17. The van der Waals surface area contributed by atoms with E-state index in [1.54, 1.807) is 26.1 Å². The number of aromatic nitrogens is 1. The topological polar surface area (TPSA) is 75.4 Å². The molecule has 0 bridgehead atoms. The second kappa shape index (κ2) is 7.40. The van der Waals surface area contributed by atoms with Gasteiger partial charge in [0.25, 0.3) is 5.91 Å². The van der Waals surface area contributed by atoms with E-state index in [4.69, 9.17) is 4.52 Å². The van der Waals surface area contributed by atoms with E-state index in [1.165, 1.54) is 11.8 Å². The molecule has 1 heterocycles. The lowest BCUT2D eigenvalue weighted by Crippen LogP contribution is -2.35. The number of nitrogens with zero attached hydrogens (tertiary/aromatic N) is 2. The van der Waals surface area contributed by atoms with Crippen molar-refractivity contribution in [2.75, 3.05) is 7.05 Å². The third-order valence-electron chi connectivity index (χ3n) is 3.07. The molecule has 23 heavy (non-hydrogen) atoms. The molecule has 0 spiro atoms. The molecule has 0 unspecified atom stereocenters. The first-order chi connectivity index (χ1) is 11.0. The maximum absolute atomic E-state index is 12.6. The van der Waals surface area contributed by atoms with Gasteiger partial charge in [-0.1, -0.05) is 35.5 Å². The number of nitrogens with one attached hydrogen (secondary N) is 1. The third kappa shape index (κ3) is 4.81. The minimum Gasteiger partial charge on any atom is -0.361 e. The maximum atomic E-state index is 12.6. The second-order valence-corrected chi connectivity index (χ2v) is 5.24. The van der Waals surface area contributed by atoms with Gasteiger partial charge in [-0.2, -0.15) is 0 Å². The molecule has 2 aromatic rings.